The van der Waals surface area contributed by atoms with Crippen molar-refractivity contribution in [1.29, 1.82) is 0 Å². The average molecular weight is 269 g/mol. The van der Waals surface area contributed by atoms with Crippen molar-refractivity contribution >= 4 is 17.8 Å². The SMILES string of the molecule is CC(=O)Nc1nc2n(n1)[C@H](c1ccccc1)C=C(C)N2. The number of rotatable bonds is 2. The summed E-state index contributed by atoms with van der Waals surface area (Å²) in [5.41, 5.74) is 2.13. The van der Waals surface area contributed by atoms with Gasteiger partial charge >= 0.3 is 0 Å². The maximum atomic E-state index is 11.1. The lowest BCUT2D eigenvalue weighted by Gasteiger charge is -2.22. The second-order valence-electron chi connectivity index (χ2n) is 4.71. The lowest BCUT2D eigenvalue weighted by atomic mass is 10.1. The number of nitrogens with one attached hydrogen (secondary N) is 2. The summed E-state index contributed by atoms with van der Waals surface area (Å²) in [7, 11) is 0. The lowest BCUT2D eigenvalue weighted by molar-refractivity contribution is -0.114. The topological polar surface area (TPSA) is 71.8 Å². The van der Waals surface area contributed by atoms with E-state index in [9.17, 15) is 4.79 Å². The fourth-order valence-electron chi connectivity index (χ4n) is 2.23. The van der Waals surface area contributed by atoms with Crippen LogP contribution in [-0.2, 0) is 4.79 Å². The third-order valence-electron chi connectivity index (χ3n) is 3.04. The van der Waals surface area contributed by atoms with Crippen molar-refractivity contribution in [3.63, 3.8) is 0 Å². The van der Waals surface area contributed by atoms with Crippen molar-refractivity contribution in [3.05, 3.63) is 47.7 Å². The van der Waals surface area contributed by atoms with Gasteiger partial charge in [0.2, 0.25) is 11.9 Å². The summed E-state index contributed by atoms with van der Waals surface area (Å²) in [6.45, 7) is 3.41. The van der Waals surface area contributed by atoms with Crippen LogP contribution < -0.4 is 10.6 Å². The van der Waals surface area contributed by atoms with Gasteiger partial charge in [0.1, 0.15) is 6.04 Å². The molecule has 2 N–H and O–H groups in total. The molecule has 2 heterocycles. The quantitative estimate of drug-likeness (QED) is 0.876. The number of nitrogens with zero attached hydrogens (tertiary/aromatic N) is 3. The van der Waals surface area contributed by atoms with Crippen LogP contribution in [0, 0.1) is 0 Å². The van der Waals surface area contributed by atoms with Crippen LogP contribution in [0.15, 0.2) is 42.1 Å². The van der Waals surface area contributed by atoms with Crippen LogP contribution in [0.1, 0.15) is 25.5 Å². The highest BCUT2D eigenvalue weighted by atomic mass is 16.1. The Hall–Kier alpha value is -2.63. The third kappa shape index (κ3) is 2.27. The molecule has 3 rings (SSSR count). The van der Waals surface area contributed by atoms with Gasteiger partial charge in [-0.2, -0.15) is 4.98 Å². The highest BCUT2D eigenvalue weighted by Gasteiger charge is 2.23. The van der Waals surface area contributed by atoms with Crippen LogP contribution in [-0.4, -0.2) is 20.7 Å². The Morgan fingerprint density at radius 2 is 2.10 bits per heavy atom. The number of benzene rings is 1. The minimum atomic E-state index is -0.186. The van der Waals surface area contributed by atoms with Gasteiger partial charge in [-0.05, 0) is 18.6 Å². The zero-order valence-corrected chi connectivity index (χ0v) is 11.3. The molecule has 20 heavy (non-hydrogen) atoms. The van der Waals surface area contributed by atoms with Crippen LogP contribution in [0.2, 0.25) is 0 Å². The molecular weight excluding hydrogens is 254 g/mol. The molecule has 6 nitrogen and oxygen atoms in total. The fraction of sp³-hybridized carbons (Fsp3) is 0.214. The van der Waals surface area contributed by atoms with Crippen molar-refractivity contribution in [3.8, 4) is 0 Å². The molecule has 1 amide bonds. The smallest absolute Gasteiger partial charge is 0.250 e. The first-order valence-corrected chi connectivity index (χ1v) is 6.38. The normalized spacial score (nSPS) is 16.9. The van der Waals surface area contributed by atoms with E-state index in [1.807, 2.05) is 37.3 Å². The Morgan fingerprint density at radius 3 is 2.80 bits per heavy atom. The zero-order valence-electron chi connectivity index (χ0n) is 11.3. The molecule has 0 aliphatic carbocycles. The molecule has 2 aromatic rings. The van der Waals surface area contributed by atoms with E-state index in [2.05, 4.69) is 26.8 Å². The van der Waals surface area contributed by atoms with Gasteiger partial charge in [0, 0.05) is 12.6 Å². The highest BCUT2D eigenvalue weighted by molar-refractivity contribution is 5.86. The zero-order chi connectivity index (χ0) is 14.1. The molecule has 6 heteroatoms. The van der Waals surface area contributed by atoms with Crippen LogP contribution in [0.3, 0.4) is 0 Å². The molecule has 0 saturated carbocycles. The van der Waals surface area contributed by atoms with Crippen molar-refractivity contribution in [2.75, 3.05) is 10.6 Å². The Labute approximate surface area is 116 Å². The lowest BCUT2D eigenvalue weighted by Crippen LogP contribution is -2.19. The molecule has 0 saturated heterocycles. The number of fused-ring (bicyclic) bond motifs is 1. The van der Waals surface area contributed by atoms with Crippen LogP contribution in [0.25, 0.3) is 0 Å². The number of amides is 1. The minimum Gasteiger partial charge on any atom is -0.329 e. The van der Waals surface area contributed by atoms with Crippen LogP contribution >= 0.6 is 0 Å². The number of hydrogen-bond acceptors (Lipinski definition) is 4. The predicted molar refractivity (Wildman–Crippen MR) is 76.3 cm³/mol. The molecule has 1 aromatic heterocycles. The van der Waals surface area contributed by atoms with Gasteiger partial charge in [0.15, 0.2) is 0 Å². The molecule has 0 fully saturated rings. The van der Waals surface area contributed by atoms with Crippen molar-refractivity contribution in [2.45, 2.75) is 19.9 Å². The van der Waals surface area contributed by atoms with Crippen LogP contribution in [0.4, 0.5) is 11.9 Å². The maximum Gasteiger partial charge on any atom is 0.250 e. The fourth-order valence-corrected chi connectivity index (χ4v) is 2.23. The molecule has 0 bridgehead atoms. The molecule has 0 unspecified atom stereocenters. The Balaban J connectivity index is 2.02. The molecule has 1 aromatic carbocycles. The van der Waals surface area contributed by atoms with Crippen LogP contribution in [0.5, 0.6) is 0 Å². The van der Waals surface area contributed by atoms with E-state index in [-0.39, 0.29) is 11.9 Å². The number of carbonyl (C=O) groups is 1. The molecule has 0 radical (unpaired) electrons. The average Bonchev–Trinajstić information content (AvgIpc) is 2.79. The summed E-state index contributed by atoms with van der Waals surface area (Å²) in [4.78, 5) is 15.4. The summed E-state index contributed by atoms with van der Waals surface area (Å²) in [6, 6.07) is 10.0. The number of aromatic nitrogens is 3. The highest BCUT2D eigenvalue weighted by Crippen LogP contribution is 2.29. The Bertz CT molecular complexity index is 674. The summed E-state index contributed by atoms with van der Waals surface area (Å²) in [6.07, 6.45) is 2.08. The summed E-state index contributed by atoms with van der Waals surface area (Å²) >= 11 is 0. The van der Waals surface area contributed by atoms with E-state index in [0.29, 0.717) is 11.9 Å². The predicted octanol–water partition coefficient (Wildman–Crippen LogP) is 2.16. The van der Waals surface area contributed by atoms with E-state index < -0.39 is 0 Å². The second kappa shape index (κ2) is 4.80. The molecule has 1 aliphatic rings. The van der Waals surface area contributed by atoms with Gasteiger partial charge in [-0.25, -0.2) is 4.68 Å². The van der Waals surface area contributed by atoms with Crippen molar-refractivity contribution in [1.82, 2.24) is 14.8 Å². The molecular formula is C14H15N5O. The van der Waals surface area contributed by atoms with E-state index in [1.54, 1.807) is 4.68 Å². The van der Waals surface area contributed by atoms with Gasteiger partial charge in [-0.15, -0.1) is 5.10 Å². The first-order chi connectivity index (χ1) is 9.63. The van der Waals surface area contributed by atoms with E-state index in [1.165, 1.54) is 6.92 Å². The Morgan fingerprint density at radius 1 is 1.35 bits per heavy atom. The van der Waals surface area contributed by atoms with Gasteiger partial charge in [0.05, 0.1) is 0 Å². The number of allylic oxidation sites excluding steroid dienone is 2. The van der Waals surface area contributed by atoms with Gasteiger partial charge in [-0.3, -0.25) is 10.1 Å². The second-order valence-corrected chi connectivity index (χ2v) is 4.71. The number of anilines is 2. The largest absolute Gasteiger partial charge is 0.329 e. The standard InChI is InChI=1S/C14H15N5O/c1-9-8-12(11-6-4-3-5-7-11)19-14(15-9)17-13(18-19)16-10(2)20/h3-8,12H,1-2H3,(H2,15,16,17,18,20)/t12-/m0/s1. The van der Waals surface area contributed by atoms with E-state index in [0.717, 1.165) is 11.3 Å². The maximum absolute atomic E-state index is 11.1. The van der Waals surface area contributed by atoms with Gasteiger partial charge in [0.25, 0.3) is 5.95 Å². The first-order valence-electron chi connectivity index (χ1n) is 6.38. The molecule has 1 atom stereocenters. The monoisotopic (exact) mass is 269 g/mol. The first kappa shape index (κ1) is 12.4. The Kier molecular flexibility index (Phi) is 2.98. The van der Waals surface area contributed by atoms with E-state index in [4.69, 9.17) is 0 Å². The van der Waals surface area contributed by atoms with Gasteiger partial charge in [-0.1, -0.05) is 30.3 Å². The minimum absolute atomic E-state index is 0.0255. The number of hydrogen-bond donors (Lipinski definition) is 2. The van der Waals surface area contributed by atoms with Crippen molar-refractivity contribution in [2.24, 2.45) is 0 Å². The molecule has 0 spiro atoms. The summed E-state index contributed by atoms with van der Waals surface area (Å²) in [5, 5.41) is 10.1. The van der Waals surface area contributed by atoms with E-state index >= 15 is 0 Å². The summed E-state index contributed by atoms with van der Waals surface area (Å²) in [5.74, 6) is 0.750. The summed E-state index contributed by atoms with van der Waals surface area (Å²) < 4.78 is 1.77. The molecule has 1 aliphatic heterocycles. The number of carbonyl (C=O) groups excluding carboxylic acids is 1. The third-order valence-corrected chi connectivity index (χ3v) is 3.04. The van der Waals surface area contributed by atoms with Gasteiger partial charge < -0.3 is 5.32 Å². The molecule has 102 valence electrons. The van der Waals surface area contributed by atoms with Crippen molar-refractivity contribution < 1.29 is 4.79 Å².